The molecule has 17 heteroatoms. The number of aliphatic hydroxyl groups excluding tert-OH is 1. The molecule has 14 nitrogen and oxygen atoms in total. The van der Waals surface area contributed by atoms with Gasteiger partial charge in [-0.2, -0.15) is 58.3 Å². The van der Waals surface area contributed by atoms with Crippen LogP contribution in [-0.4, -0.2) is 98.1 Å². The van der Waals surface area contributed by atoms with Crippen LogP contribution in [0.5, 0.6) is 23.0 Å². The van der Waals surface area contributed by atoms with Gasteiger partial charge in [0.15, 0.2) is 0 Å². The molecule has 68 heavy (non-hydrogen) atoms. The lowest BCUT2D eigenvalue weighted by atomic mass is 10.1. The predicted octanol–water partition coefficient (Wildman–Crippen LogP) is 10.6. The number of aryl methyl sites for hydroxylation is 4. The Kier molecular flexibility index (Phi) is 22.4. The van der Waals surface area contributed by atoms with Crippen molar-refractivity contribution in [1.82, 2.24) is 19.6 Å². The molecule has 0 aliphatic carbocycles. The second-order valence-corrected chi connectivity index (χ2v) is 19.3. The smallest absolute Gasteiger partial charge is 0.435 e. The molecule has 372 valence electrons. The summed E-state index contributed by atoms with van der Waals surface area (Å²) in [6, 6.07) is 26.9. The highest BCUT2D eigenvalue weighted by molar-refractivity contribution is 8.06. The van der Waals surface area contributed by atoms with Crippen LogP contribution < -0.4 is 24.7 Å². The number of para-hydroxylation sites is 2. The molecule has 1 saturated heterocycles. The van der Waals surface area contributed by atoms with Crippen molar-refractivity contribution in [2.45, 2.75) is 111 Å². The maximum absolute atomic E-state index is 12.5. The molecule has 6 aromatic rings. The number of rotatable bonds is 15. The summed E-state index contributed by atoms with van der Waals surface area (Å²) in [7, 11) is 0. The number of ether oxygens (including phenoxy) is 6. The first kappa shape index (κ1) is 57.2. The molecule has 0 spiro atoms. The second kappa shape index (κ2) is 26.6. The Labute approximate surface area is 419 Å². The van der Waals surface area contributed by atoms with Gasteiger partial charge in [-0.05, 0) is 136 Å². The first-order chi connectivity index (χ1) is 31.3. The van der Waals surface area contributed by atoms with Gasteiger partial charge in [-0.3, -0.25) is 0 Å². The van der Waals surface area contributed by atoms with Crippen LogP contribution in [0, 0.1) is 27.7 Å². The van der Waals surface area contributed by atoms with Crippen LogP contribution in [0.3, 0.4) is 0 Å². The van der Waals surface area contributed by atoms with Crippen LogP contribution in [0.4, 0.5) is 9.59 Å². The summed E-state index contributed by atoms with van der Waals surface area (Å²) in [5.41, 5.74) is 9.15. The zero-order valence-electron chi connectivity index (χ0n) is 41.1. The van der Waals surface area contributed by atoms with Crippen molar-refractivity contribution < 1.29 is 43.1 Å². The monoisotopic (exact) mass is 993 g/mol. The van der Waals surface area contributed by atoms with Gasteiger partial charge in [0.25, 0.3) is 0 Å². The standard InChI is InChI=1S/C26H34N2O5.C16H20N2O3S.C9H13NO.2H2S/c1-18-11-6-7-14-22(18)31-16-9-8-12-20(29)17-32-23-15-10-13-21-24(23)19(2)27-28(21)25(30)33-26(3,4)5;1-10-14-12(18(17-10)15(19)21-16(2,3)4)6-5-7-13(14)20-8-11-9-22-11;1-8-4-2-3-5-9(8)11-7-6-10;;/h6-7,10-11,13-15,20,29H,8-9,12,16-17H2,1-5H3;5-7,11H,8-9H2,1-4H3;2-5H,6-7,10H2,1H3;2*1H2/t20-;11-;;;/m01.../s1. The van der Waals surface area contributed by atoms with E-state index in [9.17, 15) is 14.7 Å². The number of carbonyl (C=O) groups is 2. The fraction of sp³-hybridized carbons (Fsp3) is 0.451. The average molecular weight is 994 g/mol. The third kappa shape index (κ3) is 17.5. The van der Waals surface area contributed by atoms with E-state index >= 15 is 0 Å². The van der Waals surface area contributed by atoms with Gasteiger partial charge in [0.1, 0.15) is 54.0 Å². The van der Waals surface area contributed by atoms with Crippen LogP contribution >= 0.6 is 38.8 Å². The number of fused-ring (bicyclic) bond motifs is 2. The van der Waals surface area contributed by atoms with Crippen molar-refractivity contribution >= 4 is 72.7 Å². The molecule has 0 unspecified atom stereocenters. The maximum Gasteiger partial charge on any atom is 0.435 e. The number of carbonyl (C=O) groups excluding carboxylic acids is 2. The van der Waals surface area contributed by atoms with E-state index in [-0.39, 0.29) is 33.6 Å². The summed E-state index contributed by atoms with van der Waals surface area (Å²) in [6.45, 7) is 21.3. The lowest BCUT2D eigenvalue weighted by Crippen LogP contribution is -2.27. The zero-order valence-corrected chi connectivity index (χ0v) is 43.9. The Morgan fingerprint density at radius 1 is 0.662 bits per heavy atom. The van der Waals surface area contributed by atoms with Gasteiger partial charge in [0, 0.05) is 17.5 Å². The number of nitrogens with two attached hydrogens (primary N) is 1. The van der Waals surface area contributed by atoms with Gasteiger partial charge in [0.05, 0.1) is 45.9 Å². The van der Waals surface area contributed by atoms with Crippen LogP contribution in [0.25, 0.3) is 21.8 Å². The number of unbranched alkanes of at least 4 members (excludes halogenated alkanes) is 1. The SMILES string of the molecule is Cc1ccccc1OCCCC[C@H](O)COc1cccc2c1c(C)nn2C(=O)OC(C)(C)C.Cc1ccccc1OCCN.Cc1nn(C(=O)OC(C)(C)C)c2cccc(OC[C@@H]3CS3)c12.S.S. The van der Waals surface area contributed by atoms with Gasteiger partial charge < -0.3 is 39.3 Å². The Hall–Kier alpha value is -5.07. The number of nitrogens with zero attached hydrogens (tertiary/aromatic N) is 4. The highest BCUT2D eigenvalue weighted by Crippen LogP contribution is 2.34. The van der Waals surface area contributed by atoms with Crippen LogP contribution in [0.15, 0.2) is 84.9 Å². The van der Waals surface area contributed by atoms with E-state index < -0.39 is 29.5 Å². The van der Waals surface area contributed by atoms with Crippen molar-refractivity contribution in [3.8, 4) is 23.0 Å². The van der Waals surface area contributed by atoms with E-state index in [1.54, 1.807) is 12.1 Å². The fourth-order valence-electron chi connectivity index (χ4n) is 6.64. The van der Waals surface area contributed by atoms with Gasteiger partial charge in [-0.25, -0.2) is 9.59 Å². The molecule has 1 fully saturated rings. The first-order valence-corrected chi connectivity index (χ1v) is 23.5. The predicted molar refractivity (Wildman–Crippen MR) is 282 cm³/mol. The molecule has 3 heterocycles. The number of thioether (sulfide) groups is 1. The van der Waals surface area contributed by atoms with Crippen LogP contribution in [0.1, 0.15) is 83.3 Å². The molecule has 2 atom stereocenters. The molecule has 0 radical (unpaired) electrons. The molecule has 3 N–H and O–H groups in total. The third-order valence-electron chi connectivity index (χ3n) is 9.83. The summed E-state index contributed by atoms with van der Waals surface area (Å²) in [5, 5.41) is 21.3. The molecule has 0 amide bonds. The van der Waals surface area contributed by atoms with Crippen molar-refractivity contribution in [3.05, 3.63) is 107 Å². The lowest BCUT2D eigenvalue weighted by Gasteiger charge is -2.19. The number of hydrogen-bond donors (Lipinski definition) is 2. The summed E-state index contributed by atoms with van der Waals surface area (Å²) in [6.07, 6.45) is 0.688. The summed E-state index contributed by atoms with van der Waals surface area (Å²) in [4.78, 5) is 24.8. The largest absolute Gasteiger partial charge is 0.493 e. The van der Waals surface area contributed by atoms with E-state index in [0.717, 1.165) is 63.4 Å². The summed E-state index contributed by atoms with van der Waals surface area (Å²) < 4.78 is 36.4. The summed E-state index contributed by atoms with van der Waals surface area (Å²) >= 11 is 1.89. The van der Waals surface area contributed by atoms with Crippen LogP contribution in [0.2, 0.25) is 0 Å². The van der Waals surface area contributed by atoms with Crippen molar-refractivity contribution in [2.24, 2.45) is 5.73 Å². The normalized spacial score (nSPS) is 13.3. The highest BCUT2D eigenvalue weighted by atomic mass is 32.2. The Balaban J connectivity index is 0.000000300. The number of aliphatic hydroxyl groups is 1. The van der Waals surface area contributed by atoms with Gasteiger partial charge >= 0.3 is 12.2 Å². The van der Waals surface area contributed by atoms with E-state index in [1.807, 2.05) is 154 Å². The number of hydrogen-bond acceptors (Lipinski definition) is 13. The summed E-state index contributed by atoms with van der Waals surface area (Å²) in [5.74, 6) is 4.35. The quantitative estimate of drug-likeness (QED) is 0.0736. The van der Waals surface area contributed by atoms with E-state index in [1.165, 1.54) is 9.36 Å². The van der Waals surface area contributed by atoms with Gasteiger partial charge in [-0.15, -0.1) is 0 Å². The molecule has 7 rings (SSSR count). The minimum atomic E-state index is -0.619. The number of aromatic nitrogens is 4. The van der Waals surface area contributed by atoms with E-state index in [0.29, 0.717) is 60.5 Å². The molecular weight excluding hydrogens is 923 g/mol. The average Bonchev–Trinajstić information content (AvgIpc) is 3.94. The Morgan fingerprint density at radius 2 is 1.10 bits per heavy atom. The lowest BCUT2D eigenvalue weighted by molar-refractivity contribution is 0.0511. The fourth-order valence-corrected chi connectivity index (χ4v) is 7.04. The molecule has 0 bridgehead atoms. The van der Waals surface area contributed by atoms with Crippen molar-refractivity contribution in [2.75, 3.05) is 38.7 Å². The molecular formula is C51H71N5O9S3. The molecule has 4 aromatic carbocycles. The molecule has 1 aliphatic heterocycles. The van der Waals surface area contributed by atoms with Gasteiger partial charge in [0.2, 0.25) is 0 Å². The highest BCUT2D eigenvalue weighted by Gasteiger charge is 2.26. The molecule has 2 aromatic heterocycles. The van der Waals surface area contributed by atoms with Crippen molar-refractivity contribution in [3.63, 3.8) is 0 Å². The van der Waals surface area contributed by atoms with E-state index in [4.69, 9.17) is 34.2 Å². The van der Waals surface area contributed by atoms with Crippen molar-refractivity contribution in [1.29, 1.82) is 0 Å². The van der Waals surface area contributed by atoms with E-state index in [2.05, 4.69) is 10.2 Å². The number of benzene rings is 4. The Bertz CT molecular complexity index is 2530. The third-order valence-corrected chi connectivity index (χ3v) is 10.8. The molecule has 0 saturated carbocycles. The zero-order chi connectivity index (χ0) is 48.0. The van der Waals surface area contributed by atoms with Gasteiger partial charge in [-0.1, -0.05) is 48.5 Å². The minimum Gasteiger partial charge on any atom is -0.493 e. The topological polar surface area (TPSA) is 171 Å². The maximum atomic E-state index is 12.5. The molecule has 1 aliphatic rings. The van der Waals surface area contributed by atoms with Crippen LogP contribution in [-0.2, 0) is 9.47 Å². The Morgan fingerprint density at radius 3 is 1.54 bits per heavy atom. The first-order valence-electron chi connectivity index (χ1n) is 22.4. The minimum absolute atomic E-state index is 0. The second-order valence-electron chi connectivity index (χ2n) is 18.0.